The van der Waals surface area contributed by atoms with Gasteiger partial charge >= 0.3 is 0 Å². The van der Waals surface area contributed by atoms with Crippen LogP contribution in [-0.2, 0) is 6.54 Å². The number of anilines is 1. The number of benzene rings is 1. The second-order valence-electron chi connectivity index (χ2n) is 5.18. The minimum absolute atomic E-state index is 0.632. The van der Waals surface area contributed by atoms with Crippen molar-refractivity contribution in [3.05, 3.63) is 29.3 Å². The van der Waals surface area contributed by atoms with E-state index in [9.17, 15) is 0 Å². The Morgan fingerprint density at radius 2 is 2.12 bits per heavy atom. The van der Waals surface area contributed by atoms with Crippen LogP contribution in [0.15, 0.2) is 18.2 Å². The molecule has 0 spiro atoms. The molecule has 1 aromatic carbocycles. The maximum Gasteiger partial charge on any atom is 0.0416 e. The second kappa shape index (κ2) is 4.46. The van der Waals surface area contributed by atoms with Gasteiger partial charge in [0.25, 0.3) is 0 Å². The van der Waals surface area contributed by atoms with E-state index in [1.54, 1.807) is 0 Å². The summed E-state index contributed by atoms with van der Waals surface area (Å²) in [7, 11) is 0. The van der Waals surface area contributed by atoms with Gasteiger partial charge in [-0.3, -0.25) is 0 Å². The van der Waals surface area contributed by atoms with Crippen molar-refractivity contribution in [2.75, 3.05) is 11.4 Å². The van der Waals surface area contributed by atoms with Gasteiger partial charge in [0.2, 0.25) is 0 Å². The Hall–Kier alpha value is -1.02. The molecule has 1 fully saturated rings. The first-order valence-corrected chi connectivity index (χ1v) is 6.18. The van der Waals surface area contributed by atoms with Gasteiger partial charge in [-0.15, -0.1) is 0 Å². The van der Waals surface area contributed by atoms with Gasteiger partial charge in [0.15, 0.2) is 0 Å². The van der Waals surface area contributed by atoms with Crippen LogP contribution in [0.25, 0.3) is 0 Å². The maximum atomic E-state index is 5.82. The Labute approximate surface area is 98.4 Å². The molecule has 2 heteroatoms. The fraction of sp³-hybridized carbons (Fsp3) is 0.571. The standard InChI is InChI=1S/C14H22N2/c1-10-4-5-13(8-15)14(7-10)16-9-11(2)6-12(16)3/h4-5,7,11-12H,6,8-9,15H2,1-3H3. The molecule has 88 valence electrons. The molecule has 2 unspecified atom stereocenters. The van der Waals surface area contributed by atoms with Gasteiger partial charge in [-0.1, -0.05) is 19.1 Å². The van der Waals surface area contributed by atoms with Gasteiger partial charge in [0.1, 0.15) is 0 Å². The summed E-state index contributed by atoms with van der Waals surface area (Å²) in [4.78, 5) is 2.51. The third-order valence-corrected chi connectivity index (χ3v) is 3.55. The van der Waals surface area contributed by atoms with E-state index in [1.165, 1.54) is 23.2 Å². The zero-order valence-corrected chi connectivity index (χ0v) is 10.5. The minimum atomic E-state index is 0.632. The molecule has 2 rings (SSSR count). The lowest BCUT2D eigenvalue weighted by atomic mass is 10.1. The quantitative estimate of drug-likeness (QED) is 0.827. The summed E-state index contributed by atoms with van der Waals surface area (Å²) in [6.07, 6.45) is 1.29. The molecule has 16 heavy (non-hydrogen) atoms. The Kier molecular flexibility index (Phi) is 3.20. The first kappa shape index (κ1) is 11.5. The number of hydrogen-bond acceptors (Lipinski definition) is 2. The highest BCUT2D eigenvalue weighted by molar-refractivity contribution is 5.57. The number of rotatable bonds is 2. The third kappa shape index (κ3) is 2.07. The fourth-order valence-electron chi connectivity index (χ4n) is 2.75. The van der Waals surface area contributed by atoms with Crippen molar-refractivity contribution in [3.63, 3.8) is 0 Å². The predicted octanol–water partition coefficient (Wildman–Crippen LogP) is 2.69. The molecular formula is C14H22N2. The van der Waals surface area contributed by atoms with E-state index in [2.05, 4.69) is 43.9 Å². The Bertz CT molecular complexity index is 373. The molecule has 1 heterocycles. The molecule has 1 aliphatic rings. The predicted molar refractivity (Wildman–Crippen MR) is 69.7 cm³/mol. The molecule has 1 aromatic rings. The van der Waals surface area contributed by atoms with E-state index in [4.69, 9.17) is 5.73 Å². The highest BCUT2D eigenvalue weighted by Crippen LogP contribution is 2.31. The average molecular weight is 218 g/mol. The van der Waals surface area contributed by atoms with Crippen molar-refractivity contribution < 1.29 is 0 Å². The molecule has 0 radical (unpaired) electrons. The van der Waals surface area contributed by atoms with Crippen molar-refractivity contribution in [1.29, 1.82) is 0 Å². The van der Waals surface area contributed by atoms with Gasteiger partial charge in [0, 0.05) is 24.8 Å². The van der Waals surface area contributed by atoms with Gasteiger partial charge in [-0.05, 0) is 43.4 Å². The van der Waals surface area contributed by atoms with Crippen molar-refractivity contribution in [1.82, 2.24) is 0 Å². The first-order chi connectivity index (χ1) is 7.61. The molecule has 0 saturated carbocycles. The summed E-state index contributed by atoms with van der Waals surface area (Å²) in [5.74, 6) is 0.793. The van der Waals surface area contributed by atoms with Crippen LogP contribution >= 0.6 is 0 Å². The summed E-state index contributed by atoms with van der Waals surface area (Å²) < 4.78 is 0. The van der Waals surface area contributed by atoms with E-state index in [1.807, 2.05) is 0 Å². The van der Waals surface area contributed by atoms with Gasteiger partial charge in [0.05, 0.1) is 0 Å². The van der Waals surface area contributed by atoms with E-state index in [0.717, 1.165) is 12.5 Å². The van der Waals surface area contributed by atoms with Crippen molar-refractivity contribution in [3.8, 4) is 0 Å². The zero-order chi connectivity index (χ0) is 11.7. The Morgan fingerprint density at radius 1 is 1.38 bits per heavy atom. The van der Waals surface area contributed by atoms with E-state index in [-0.39, 0.29) is 0 Å². The molecule has 0 bridgehead atoms. The van der Waals surface area contributed by atoms with Gasteiger partial charge in [-0.2, -0.15) is 0 Å². The molecule has 0 aliphatic carbocycles. The molecule has 1 saturated heterocycles. The number of hydrogen-bond donors (Lipinski definition) is 1. The number of aryl methyl sites for hydroxylation is 1. The van der Waals surface area contributed by atoms with Gasteiger partial charge < -0.3 is 10.6 Å². The van der Waals surface area contributed by atoms with Crippen molar-refractivity contribution in [2.24, 2.45) is 11.7 Å². The highest BCUT2D eigenvalue weighted by Gasteiger charge is 2.27. The lowest BCUT2D eigenvalue weighted by Gasteiger charge is -2.26. The molecule has 0 aromatic heterocycles. The molecule has 2 nitrogen and oxygen atoms in total. The minimum Gasteiger partial charge on any atom is -0.368 e. The summed E-state index contributed by atoms with van der Waals surface area (Å²) in [6, 6.07) is 7.23. The topological polar surface area (TPSA) is 29.3 Å². The molecule has 1 aliphatic heterocycles. The Balaban J connectivity index is 2.35. The van der Waals surface area contributed by atoms with Crippen LogP contribution < -0.4 is 10.6 Å². The van der Waals surface area contributed by atoms with Crippen LogP contribution in [0, 0.1) is 12.8 Å². The number of nitrogens with two attached hydrogens (primary N) is 1. The van der Waals surface area contributed by atoms with Crippen LogP contribution in [0.1, 0.15) is 31.4 Å². The normalized spacial score (nSPS) is 25.1. The lowest BCUT2D eigenvalue weighted by molar-refractivity contribution is 0.625. The summed E-state index contributed by atoms with van der Waals surface area (Å²) >= 11 is 0. The van der Waals surface area contributed by atoms with Crippen molar-refractivity contribution >= 4 is 5.69 Å². The van der Waals surface area contributed by atoms with Crippen LogP contribution in [0.2, 0.25) is 0 Å². The fourth-order valence-corrected chi connectivity index (χ4v) is 2.75. The number of nitrogens with zero attached hydrogens (tertiary/aromatic N) is 1. The van der Waals surface area contributed by atoms with E-state index in [0.29, 0.717) is 12.6 Å². The summed E-state index contributed by atoms with van der Waals surface area (Å²) in [5.41, 5.74) is 9.76. The SMILES string of the molecule is Cc1ccc(CN)c(N2CC(C)CC2C)c1. The van der Waals surface area contributed by atoms with E-state index >= 15 is 0 Å². The summed E-state index contributed by atoms with van der Waals surface area (Å²) in [6.45, 7) is 8.58. The second-order valence-corrected chi connectivity index (χ2v) is 5.18. The Morgan fingerprint density at radius 3 is 2.69 bits per heavy atom. The largest absolute Gasteiger partial charge is 0.368 e. The smallest absolute Gasteiger partial charge is 0.0416 e. The zero-order valence-electron chi connectivity index (χ0n) is 10.5. The van der Waals surface area contributed by atoms with Crippen LogP contribution in [0.4, 0.5) is 5.69 Å². The summed E-state index contributed by atoms with van der Waals surface area (Å²) in [5, 5.41) is 0. The first-order valence-electron chi connectivity index (χ1n) is 6.18. The average Bonchev–Trinajstić information content (AvgIpc) is 2.57. The van der Waals surface area contributed by atoms with Crippen molar-refractivity contribution in [2.45, 2.75) is 39.8 Å². The van der Waals surface area contributed by atoms with Crippen LogP contribution in [0.3, 0.4) is 0 Å². The molecule has 2 N–H and O–H groups in total. The van der Waals surface area contributed by atoms with E-state index < -0.39 is 0 Å². The molecule has 2 atom stereocenters. The van der Waals surface area contributed by atoms with Crippen LogP contribution in [0.5, 0.6) is 0 Å². The molecule has 0 amide bonds. The van der Waals surface area contributed by atoms with Crippen LogP contribution in [-0.4, -0.2) is 12.6 Å². The molecular weight excluding hydrogens is 196 g/mol. The third-order valence-electron chi connectivity index (χ3n) is 3.55. The van der Waals surface area contributed by atoms with Gasteiger partial charge in [-0.25, -0.2) is 0 Å². The highest BCUT2D eigenvalue weighted by atomic mass is 15.2. The monoisotopic (exact) mass is 218 g/mol. The lowest BCUT2D eigenvalue weighted by Crippen LogP contribution is -2.28. The maximum absolute atomic E-state index is 5.82.